The molecule has 0 atom stereocenters. The minimum atomic E-state index is 0.727. The van der Waals surface area contributed by atoms with Crippen LogP contribution in [0.5, 0.6) is 5.75 Å². The summed E-state index contributed by atoms with van der Waals surface area (Å²) in [6, 6.07) is 5.07. The molecule has 1 fully saturated rings. The van der Waals surface area contributed by atoms with E-state index in [4.69, 9.17) is 4.74 Å². The summed E-state index contributed by atoms with van der Waals surface area (Å²) in [4.78, 5) is 0. The van der Waals surface area contributed by atoms with Crippen molar-refractivity contribution < 1.29 is 4.74 Å². The lowest BCUT2D eigenvalue weighted by Gasteiger charge is -2.27. The number of methoxy groups -OCH3 is 1. The molecule has 16 heavy (non-hydrogen) atoms. The van der Waals surface area contributed by atoms with Crippen molar-refractivity contribution in [2.45, 2.75) is 45.7 Å². The van der Waals surface area contributed by atoms with Gasteiger partial charge in [-0.25, -0.2) is 0 Å². The molecular formula is C14H21NO. The van der Waals surface area contributed by atoms with Crippen LogP contribution in [0.3, 0.4) is 0 Å². The molecule has 0 bridgehead atoms. The van der Waals surface area contributed by atoms with E-state index < -0.39 is 0 Å². The van der Waals surface area contributed by atoms with Crippen LogP contribution in [0.2, 0.25) is 0 Å². The molecule has 0 radical (unpaired) electrons. The summed E-state index contributed by atoms with van der Waals surface area (Å²) >= 11 is 0. The quantitative estimate of drug-likeness (QED) is 0.840. The Morgan fingerprint density at radius 2 is 2.06 bits per heavy atom. The number of hydrogen-bond acceptors (Lipinski definition) is 2. The van der Waals surface area contributed by atoms with E-state index in [-0.39, 0.29) is 0 Å². The van der Waals surface area contributed by atoms with E-state index in [0.717, 1.165) is 18.3 Å². The molecule has 0 saturated heterocycles. The zero-order chi connectivity index (χ0) is 11.5. The van der Waals surface area contributed by atoms with Crippen LogP contribution in [0, 0.1) is 13.8 Å². The van der Waals surface area contributed by atoms with Gasteiger partial charge in [-0.3, -0.25) is 0 Å². The molecule has 1 aromatic carbocycles. The van der Waals surface area contributed by atoms with Gasteiger partial charge in [0, 0.05) is 18.2 Å². The first kappa shape index (κ1) is 11.5. The summed E-state index contributed by atoms with van der Waals surface area (Å²) in [7, 11) is 1.75. The minimum Gasteiger partial charge on any atom is -0.496 e. The fourth-order valence-electron chi connectivity index (χ4n) is 2.23. The van der Waals surface area contributed by atoms with Gasteiger partial charge in [0.05, 0.1) is 7.11 Å². The van der Waals surface area contributed by atoms with Crippen LogP contribution in [-0.4, -0.2) is 13.2 Å². The molecule has 0 amide bonds. The first-order chi connectivity index (χ1) is 7.70. The molecule has 88 valence electrons. The third kappa shape index (κ3) is 2.38. The zero-order valence-electron chi connectivity index (χ0n) is 10.5. The van der Waals surface area contributed by atoms with Gasteiger partial charge in [0.25, 0.3) is 0 Å². The van der Waals surface area contributed by atoms with Gasteiger partial charge >= 0.3 is 0 Å². The highest BCUT2D eigenvalue weighted by atomic mass is 16.5. The molecule has 2 rings (SSSR count). The molecule has 2 nitrogen and oxygen atoms in total. The van der Waals surface area contributed by atoms with Crippen LogP contribution >= 0.6 is 0 Å². The summed E-state index contributed by atoms with van der Waals surface area (Å²) in [5.74, 6) is 1.02. The molecular weight excluding hydrogens is 198 g/mol. The lowest BCUT2D eigenvalue weighted by molar-refractivity contribution is 0.334. The Hall–Kier alpha value is -1.02. The van der Waals surface area contributed by atoms with E-state index in [1.165, 1.54) is 36.0 Å². The molecule has 0 aliphatic heterocycles. The first-order valence-corrected chi connectivity index (χ1v) is 6.08. The van der Waals surface area contributed by atoms with Crippen molar-refractivity contribution in [3.05, 3.63) is 28.8 Å². The number of aryl methyl sites for hydroxylation is 2. The maximum absolute atomic E-state index is 5.45. The number of hydrogen-bond donors (Lipinski definition) is 1. The summed E-state index contributed by atoms with van der Waals surface area (Å²) in [6.45, 7) is 5.20. The average Bonchev–Trinajstić information content (AvgIpc) is 2.17. The first-order valence-electron chi connectivity index (χ1n) is 6.08. The highest BCUT2D eigenvalue weighted by Gasteiger charge is 2.17. The van der Waals surface area contributed by atoms with Gasteiger partial charge in [0.2, 0.25) is 0 Å². The maximum Gasteiger partial charge on any atom is 0.123 e. The predicted molar refractivity (Wildman–Crippen MR) is 66.9 cm³/mol. The van der Waals surface area contributed by atoms with E-state index in [1.807, 2.05) is 0 Å². The van der Waals surface area contributed by atoms with Gasteiger partial charge in [-0.15, -0.1) is 0 Å². The summed E-state index contributed by atoms with van der Waals surface area (Å²) in [5.41, 5.74) is 3.89. The normalized spacial score (nSPS) is 15.9. The Balaban J connectivity index is 2.10. The van der Waals surface area contributed by atoms with Crippen LogP contribution in [-0.2, 0) is 6.54 Å². The van der Waals surface area contributed by atoms with E-state index in [1.54, 1.807) is 7.11 Å². The topological polar surface area (TPSA) is 21.3 Å². The van der Waals surface area contributed by atoms with Gasteiger partial charge in [-0.05, 0) is 43.9 Å². The maximum atomic E-state index is 5.45. The summed E-state index contributed by atoms with van der Waals surface area (Å²) in [5, 5.41) is 3.59. The van der Waals surface area contributed by atoms with Crippen molar-refractivity contribution in [1.29, 1.82) is 0 Å². The summed E-state index contributed by atoms with van der Waals surface area (Å²) in [6.07, 6.45) is 4.03. The second-order valence-electron chi connectivity index (χ2n) is 4.77. The van der Waals surface area contributed by atoms with Crippen LogP contribution in [0.1, 0.15) is 36.0 Å². The van der Waals surface area contributed by atoms with Gasteiger partial charge in [-0.2, -0.15) is 0 Å². The standard InChI is InChI=1S/C14H21NO/c1-10-7-11(2)13(14(8-10)16-3)9-15-12-5-4-6-12/h7-8,12,15H,4-6,9H2,1-3H3. The monoisotopic (exact) mass is 219 g/mol. The Kier molecular flexibility index (Phi) is 3.49. The van der Waals surface area contributed by atoms with E-state index in [0.29, 0.717) is 0 Å². The fourth-order valence-corrected chi connectivity index (χ4v) is 2.23. The number of nitrogens with one attached hydrogen (secondary N) is 1. The van der Waals surface area contributed by atoms with Crippen molar-refractivity contribution >= 4 is 0 Å². The van der Waals surface area contributed by atoms with E-state index in [9.17, 15) is 0 Å². The molecule has 0 spiro atoms. The van der Waals surface area contributed by atoms with Crippen molar-refractivity contribution in [1.82, 2.24) is 5.32 Å². The second-order valence-corrected chi connectivity index (χ2v) is 4.77. The molecule has 0 unspecified atom stereocenters. The van der Waals surface area contributed by atoms with Gasteiger partial charge in [-0.1, -0.05) is 12.5 Å². The smallest absolute Gasteiger partial charge is 0.123 e. The van der Waals surface area contributed by atoms with E-state index in [2.05, 4.69) is 31.3 Å². The second kappa shape index (κ2) is 4.88. The van der Waals surface area contributed by atoms with Crippen LogP contribution < -0.4 is 10.1 Å². The third-order valence-corrected chi connectivity index (χ3v) is 3.47. The third-order valence-electron chi connectivity index (χ3n) is 3.47. The molecule has 1 saturated carbocycles. The summed E-state index contributed by atoms with van der Waals surface area (Å²) < 4.78 is 5.45. The fraction of sp³-hybridized carbons (Fsp3) is 0.571. The highest BCUT2D eigenvalue weighted by Crippen LogP contribution is 2.25. The Bertz CT molecular complexity index is 369. The molecule has 0 heterocycles. The Labute approximate surface area is 98.0 Å². The van der Waals surface area contributed by atoms with Gasteiger partial charge in [0.15, 0.2) is 0 Å². The molecule has 2 heteroatoms. The number of ether oxygens (including phenoxy) is 1. The molecule has 1 aromatic rings. The molecule has 1 aliphatic carbocycles. The SMILES string of the molecule is COc1cc(C)cc(C)c1CNC1CCC1. The van der Waals surface area contributed by atoms with Crippen molar-refractivity contribution in [2.75, 3.05) is 7.11 Å². The van der Waals surface area contributed by atoms with Crippen molar-refractivity contribution in [3.8, 4) is 5.75 Å². The van der Waals surface area contributed by atoms with Crippen LogP contribution in [0.25, 0.3) is 0 Å². The molecule has 0 aromatic heterocycles. The number of benzene rings is 1. The van der Waals surface area contributed by atoms with Crippen molar-refractivity contribution in [2.24, 2.45) is 0 Å². The van der Waals surface area contributed by atoms with Crippen LogP contribution in [0.4, 0.5) is 0 Å². The largest absolute Gasteiger partial charge is 0.496 e. The lowest BCUT2D eigenvalue weighted by Crippen LogP contribution is -2.34. The van der Waals surface area contributed by atoms with Gasteiger partial charge < -0.3 is 10.1 Å². The Morgan fingerprint density at radius 3 is 2.62 bits per heavy atom. The lowest BCUT2D eigenvalue weighted by atomic mass is 9.92. The minimum absolute atomic E-state index is 0.727. The van der Waals surface area contributed by atoms with Gasteiger partial charge in [0.1, 0.15) is 5.75 Å². The number of rotatable bonds is 4. The molecule has 1 aliphatic rings. The predicted octanol–water partition coefficient (Wildman–Crippen LogP) is 2.95. The van der Waals surface area contributed by atoms with E-state index >= 15 is 0 Å². The van der Waals surface area contributed by atoms with Crippen molar-refractivity contribution in [3.63, 3.8) is 0 Å². The zero-order valence-corrected chi connectivity index (χ0v) is 10.5. The average molecular weight is 219 g/mol. The highest BCUT2D eigenvalue weighted by molar-refractivity contribution is 5.43. The Morgan fingerprint density at radius 1 is 1.31 bits per heavy atom. The molecule has 1 N–H and O–H groups in total. The van der Waals surface area contributed by atoms with Crippen LogP contribution in [0.15, 0.2) is 12.1 Å².